The predicted molar refractivity (Wildman–Crippen MR) is 58.3 cm³/mol. The van der Waals surface area contributed by atoms with Crippen molar-refractivity contribution in [2.24, 2.45) is 5.41 Å². The van der Waals surface area contributed by atoms with Crippen LogP contribution in [-0.2, 0) is 9.59 Å². The van der Waals surface area contributed by atoms with Crippen molar-refractivity contribution >= 4 is 11.9 Å². The summed E-state index contributed by atoms with van der Waals surface area (Å²) in [5, 5.41) is 17.6. The molecule has 2 N–H and O–H groups in total. The molecule has 1 saturated carbocycles. The van der Waals surface area contributed by atoms with Crippen LogP contribution in [-0.4, -0.2) is 46.2 Å². The highest BCUT2D eigenvalue weighted by molar-refractivity contribution is 5.72. The summed E-state index contributed by atoms with van der Waals surface area (Å²) in [5.74, 6) is -1.94. The number of aliphatic carboxylic acids is 2. The van der Waals surface area contributed by atoms with Crippen LogP contribution in [0.4, 0.5) is 0 Å². The molecule has 0 aromatic heterocycles. The maximum atomic E-state index is 10.7. The highest BCUT2D eigenvalue weighted by atomic mass is 16.4. The smallest absolute Gasteiger partial charge is 0.317 e. The van der Waals surface area contributed by atoms with E-state index in [0.717, 1.165) is 19.3 Å². The van der Waals surface area contributed by atoms with Crippen molar-refractivity contribution in [1.82, 2.24) is 4.90 Å². The molecule has 0 aromatic rings. The summed E-state index contributed by atoms with van der Waals surface area (Å²) in [5.41, 5.74) is 0.00486. The lowest BCUT2D eigenvalue weighted by Crippen LogP contribution is -2.46. The first-order valence-electron chi connectivity index (χ1n) is 5.50. The lowest BCUT2D eigenvalue weighted by Gasteiger charge is -2.35. The van der Waals surface area contributed by atoms with Crippen LogP contribution in [0.5, 0.6) is 0 Å². The Hall–Kier alpha value is -1.10. The molecule has 5 nitrogen and oxygen atoms in total. The van der Waals surface area contributed by atoms with Crippen LogP contribution >= 0.6 is 0 Å². The van der Waals surface area contributed by atoms with Crippen molar-refractivity contribution in [3.63, 3.8) is 0 Å². The fourth-order valence-electron chi connectivity index (χ4n) is 2.61. The monoisotopic (exact) mass is 229 g/mol. The summed E-state index contributed by atoms with van der Waals surface area (Å²) >= 11 is 0. The van der Waals surface area contributed by atoms with E-state index in [-0.39, 0.29) is 24.5 Å². The van der Waals surface area contributed by atoms with E-state index in [1.165, 1.54) is 0 Å². The van der Waals surface area contributed by atoms with Gasteiger partial charge in [-0.2, -0.15) is 0 Å². The van der Waals surface area contributed by atoms with Gasteiger partial charge in [-0.05, 0) is 18.3 Å². The molecule has 0 saturated heterocycles. The number of carboxylic acid groups (broad SMARTS) is 2. The quantitative estimate of drug-likeness (QED) is 0.736. The molecule has 16 heavy (non-hydrogen) atoms. The number of carbonyl (C=O) groups is 2. The molecule has 1 aliphatic rings. The number of carboxylic acids is 2. The first-order valence-corrected chi connectivity index (χ1v) is 5.50. The third-order valence-corrected chi connectivity index (χ3v) is 3.32. The molecule has 0 spiro atoms. The molecule has 0 bridgehead atoms. The normalized spacial score (nSPS) is 23.6. The second-order valence-electron chi connectivity index (χ2n) is 5.09. The van der Waals surface area contributed by atoms with Crippen LogP contribution in [0.15, 0.2) is 0 Å². The molecular formula is C11H19NO4. The Balaban J connectivity index is 2.74. The third kappa shape index (κ3) is 3.20. The standard InChI is InChI=1S/C11H19NO4/c1-11(2)5-3-4-8(11)12(6-9(13)14)7-10(15)16/h8H,3-7H2,1-2H3,(H,13,14)(H,15,16). The van der Waals surface area contributed by atoms with Crippen LogP contribution < -0.4 is 0 Å². The van der Waals surface area contributed by atoms with Gasteiger partial charge >= 0.3 is 11.9 Å². The van der Waals surface area contributed by atoms with Gasteiger partial charge in [0, 0.05) is 6.04 Å². The van der Waals surface area contributed by atoms with Crippen molar-refractivity contribution in [3.8, 4) is 0 Å². The highest BCUT2D eigenvalue weighted by Gasteiger charge is 2.39. The van der Waals surface area contributed by atoms with Gasteiger partial charge in [0.15, 0.2) is 0 Å². The zero-order valence-electron chi connectivity index (χ0n) is 9.77. The fourth-order valence-corrected chi connectivity index (χ4v) is 2.61. The molecule has 1 rings (SSSR count). The lowest BCUT2D eigenvalue weighted by molar-refractivity contribution is -0.143. The Kier molecular flexibility index (Phi) is 3.91. The topological polar surface area (TPSA) is 77.8 Å². The van der Waals surface area contributed by atoms with E-state index in [2.05, 4.69) is 13.8 Å². The van der Waals surface area contributed by atoms with E-state index in [1.54, 1.807) is 4.90 Å². The molecular weight excluding hydrogens is 210 g/mol. The lowest BCUT2D eigenvalue weighted by atomic mass is 9.86. The molecule has 0 heterocycles. The fraction of sp³-hybridized carbons (Fsp3) is 0.818. The Morgan fingerprint density at radius 2 is 1.75 bits per heavy atom. The van der Waals surface area contributed by atoms with Gasteiger partial charge in [0.2, 0.25) is 0 Å². The van der Waals surface area contributed by atoms with E-state index in [0.29, 0.717) is 0 Å². The first kappa shape index (κ1) is 13.0. The van der Waals surface area contributed by atoms with Gasteiger partial charge in [-0.3, -0.25) is 14.5 Å². The molecule has 1 aliphatic carbocycles. The average molecular weight is 229 g/mol. The van der Waals surface area contributed by atoms with E-state index in [1.807, 2.05) is 0 Å². The van der Waals surface area contributed by atoms with Gasteiger partial charge in [-0.15, -0.1) is 0 Å². The highest BCUT2D eigenvalue weighted by Crippen LogP contribution is 2.40. The molecule has 1 fully saturated rings. The minimum Gasteiger partial charge on any atom is -0.480 e. The molecule has 92 valence electrons. The number of nitrogens with zero attached hydrogens (tertiary/aromatic N) is 1. The van der Waals surface area contributed by atoms with Gasteiger partial charge in [0.05, 0.1) is 13.1 Å². The van der Waals surface area contributed by atoms with Gasteiger partial charge in [0.1, 0.15) is 0 Å². The first-order chi connectivity index (χ1) is 7.33. The van der Waals surface area contributed by atoms with Crippen LogP contribution in [0.25, 0.3) is 0 Å². The Morgan fingerprint density at radius 3 is 2.06 bits per heavy atom. The largest absolute Gasteiger partial charge is 0.480 e. The van der Waals surface area contributed by atoms with Crippen molar-refractivity contribution in [2.45, 2.75) is 39.2 Å². The van der Waals surface area contributed by atoms with Gasteiger partial charge in [0.25, 0.3) is 0 Å². The summed E-state index contributed by atoms with van der Waals surface area (Å²) < 4.78 is 0. The average Bonchev–Trinajstić information content (AvgIpc) is 2.42. The summed E-state index contributed by atoms with van der Waals surface area (Å²) in [4.78, 5) is 23.0. The van der Waals surface area contributed by atoms with E-state index in [9.17, 15) is 9.59 Å². The molecule has 0 amide bonds. The van der Waals surface area contributed by atoms with Crippen LogP contribution in [0, 0.1) is 5.41 Å². The van der Waals surface area contributed by atoms with Gasteiger partial charge in [-0.1, -0.05) is 20.3 Å². The van der Waals surface area contributed by atoms with Crippen molar-refractivity contribution in [1.29, 1.82) is 0 Å². The third-order valence-electron chi connectivity index (χ3n) is 3.32. The van der Waals surface area contributed by atoms with Gasteiger partial charge in [-0.25, -0.2) is 0 Å². The molecule has 0 radical (unpaired) electrons. The minimum atomic E-state index is -0.969. The van der Waals surface area contributed by atoms with E-state index < -0.39 is 11.9 Å². The van der Waals surface area contributed by atoms with Crippen molar-refractivity contribution in [2.75, 3.05) is 13.1 Å². The van der Waals surface area contributed by atoms with Crippen LogP contribution in [0.3, 0.4) is 0 Å². The molecule has 1 unspecified atom stereocenters. The second-order valence-corrected chi connectivity index (χ2v) is 5.09. The summed E-state index contributed by atoms with van der Waals surface area (Å²) in [6, 6.07) is 0.0553. The summed E-state index contributed by atoms with van der Waals surface area (Å²) in [6.07, 6.45) is 2.94. The minimum absolute atomic E-state index is 0.00486. The maximum absolute atomic E-state index is 10.7. The molecule has 1 atom stereocenters. The maximum Gasteiger partial charge on any atom is 0.317 e. The Morgan fingerprint density at radius 1 is 1.25 bits per heavy atom. The SMILES string of the molecule is CC1(C)CCCC1N(CC(=O)O)CC(=O)O. The zero-order chi connectivity index (χ0) is 12.3. The number of hydrogen-bond donors (Lipinski definition) is 2. The zero-order valence-corrected chi connectivity index (χ0v) is 9.77. The molecule has 5 heteroatoms. The Labute approximate surface area is 95.1 Å². The van der Waals surface area contributed by atoms with E-state index in [4.69, 9.17) is 10.2 Å². The van der Waals surface area contributed by atoms with E-state index >= 15 is 0 Å². The van der Waals surface area contributed by atoms with Crippen molar-refractivity contribution in [3.05, 3.63) is 0 Å². The number of hydrogen-bond acceptors (Lipinski definition) is 3. The van der Waals surface area contributed by atoms with Crippen LogP contribution in [0.1, 0.15) is 33.1 Å². The van der Waals surface area contributed by atoms with Crippen molar-refractivity contribution < 1.29 is 19.8 Å². The summed E-state index contributed by atoms with van der Waals surface area (Å²) in [7, 11) is 0. The van der Waals surface area contributed by atoms with Crippen LogP contribution in [0.2, 0.25) is 0 Å². The second kappa shape index (κ2) is 4.82. The summed E-state index contributed by atoms with van der Waals surface area (Å²) in [6.45, 7) is 3.75. The number of rotatable bonds is 5. The Bertz CT molecular complexity index is 272. The molecule has 0 aromatic carbocycles. The molecule has 0 aliphatic heterocycles. The van der Waals surface area contributed by atoms with Gasteiger partial charge < -0.3 is 10.2 Å². The predicted octanol–water partition coefficient (Wildman–Crippen LogP) is 1.04.